The van der Waals surface area contributed by atoms with E-state index in [-0.39, 0.29) is 54.7 Å². The van der Waals surface area contributed by atoms with Gasteiger partial charge in [0.15, 0.2) is 0 Å². The SMILES string of the molecule is CC[C@H](C)[C@@H](C(CC(=O)N1CCC[C@H]1[C@H](OC)[C@@H](C)C(=O)N[C@@H](Cc1ccccc1)C(=O)NC(CCC(=O)O)C(=O)O)OC)N(C)C(=O)[C@@H](NC(=O)[C@H](C(C)C)N(C)C)C(C)C. The summed E-state index contributed by atoms with van der Waals surface area (Å²) in [4.78, 5) is 97.9. The number of rotatable bonds is 26. The van der Waals surface area contributed by atoms with Gasteiger partial charge in [0, 0.05) is 40.7 Å². The molecule has 17 heteroatoms. The lowest BCUT2D eigenvalue weighted by Crippen LogP contribution is -2.59. The second kappa shape index (κ2) is 25.5. The average Bonchev–Trinajstić information content (AvgIpc) is 3.70. The normalized spacial score (nSPS) is 18.5. The van der Waals surface area contributed by atoms with E-state index in [0.717, 1.165) is 0 Å². The van der Waals surface area contributed by atoms with Crippen molar-refractivity contribution >= 4 is 41.5 Å². The molecule has 10 atom stereocenters. The highest BCUT2D eigenvalue weighted by Crippen LogP contribution is 2.30. The highest BCUT2D eigenvalue weighted by Gasteiger charge is 2.43. The number of benzene rings is 1. The topological polar surface area (TPSA) is 224 Å². The van der Waals surface area contributed by atoms with Gasteiger partial charge in [-0.3, -0.25) is 33.7 Å². The van der Waals surface area contributed by atoms with E-state index in [1.165, 1.54) is 14.2 Å². The molecule has 350 valence electrons. The Hall–Kier alpha value is -4.61. The molecule has 1 fully saturated rings. The van der Waals surface area contributed by atoms with Crippen LogP contribution in [0.4, 0.5) is 0 Å². The van der Waals surface area contributed by atoms with Crippen LogP contribution in [0.1, 0.15) is 92.6 Å². The number of carboxylic acid groups (broad SMARTS) is 2. The summed E-state index contributed by atoms with van der Waals surface area (Å²) in [5, 5.41) is 27.0. The number of likely N-dealkylation sites (N-methyl/N-ethyl adjacent to an activating group) is 2. The Labute approximate surface area is 368 Å². The molecule has 1 aliphatic rings. The van der Waals surface area contributed by atoms with Crippen molar-refractivity contribution in [2.75, 3.05) is 41.9 Å². The average molecular weight is 875 g/mol. The van der Waals surface area contributed by atoms with Crippen LogP contribution in [0.5, 0.6) is 0 Å². The molecule has 0 saturated carbocycles. The van der Waals surface area contributed by atoms with Crippen LogP contribution in [0.25, 0.3) is 0 Å². The summed E-state index contributed by atoms with van der Waals surface area (Å²) in [7, 11) is 8.31. The Balaban J connectivity index is 2.34. The van der Waals surface area contributed by atoms with Crippen LogP contribution in [-0.2, 0) is 49.5 Å². The van der Waals surface area contributed by atoms with Crippen LogP contribution < -0.4 is 16.0 Å². The molecule has 0 aromatic heterocycles. The van der Waals surface area contributed by atoms with E-state index < -0.39 is 84.6 Å². The molecule has 0 spiro atoms. The van der Waals surface area contributed by atoms with Gasteiger partial charge >= 0.3 is 11.9 Å². The predicted octanol–water partition coefficient (Wildman–Crippen LogP) is 2.80. The molecular formula is C45H74N6O11. The van der Waals surface area contributed by atoms with Gasteiger partial charge in [-0.05, 0) is 56.7 Å². The third-order valence-corrected chi connectivity index (χ3v) is 12.1. The largest absolute Gasteiger partial charge is 0.481 e. The first-order valence-electron chi connectivity index (χ1n) is 21.8. The Morgan fingerprint density at radius 1 is 0.823 bits per heavy atom. The highest BCUT2D eigenvalue weighted by molar-refractivity contribution is 5.92. The fourth-order valence-corrected chi connectivity index (χ4v) is 8.57. The fraction of sp³-hybridized carbons (Fsp3) is 0.711. The van der Waals surface area contributed by atoms with Crippen molar-refractivity contribution in [3.63, 3.8) is 0 Å². The van der Waals surface area contributed by atoms with Crippen LogP contribution in [0, 0.1) is 23.7 Å². The molecule has 5 amide bonds. The van der Waals surface area contributed by atoms with Gasteiger partial charge in [-0.1, -0.05) is 85.2 Å². The number of nitrogens with zero attached hydrogens (tertiary/aromatic N) is 3. The molecule has 17 nitrogen and oxygen atoms in total. The van der Waals surface area contributed by atoms with E-state index in [2.05, 4.69) is 16.0 Å². The fourth-order valence-electron chi connectivity index (χ4n) is 8.57. The Morgan fingerprint density at radius 3 is 1.94 bits per heavy atom. The Bertz CT molecular complexity index is 1630. The molecule has 0 bridgehead atoms. The van der Waals surface area contributed by atoms with E-state index in [0.29, 0.717) is 31.4 Å². The minimum Gasteiger partial charge on any atom is -0.481 e. The van der Waals surface area contributed by atoms with Gasteiger partial charge in [-0.15, -0.1) is 0 Å². The van der Waals surface area contributed by atoms with E-state index >= 15 is 0 Å². The van der Waals surface area contributed by atoms with Crippen LogP contribution in [-0.4, -0.2) is 157 Å². The number of amides is 5. The molecule has 2 rings (SSSR count). The maximum absolute atomic E-state index is 14.3. The monoisotopic (exact) mass is 875 g/mol. The van der Waals surface area contributed by atoms with Gasteiger partial charge in [-0.2, -0.15) is 0 Å². The first-order valence-corrected chi connectivity index (χ1v) is 21.8. The molecule has 0 radical (unpaired) electrons. The first kappa shape index (κ1) is 53.5. The molecule has 1 aromatic rings. The molecule has 0 aliphatic carbocycles. The summed E-state index contributed by atoms with van der Waals surface area (Å²) >= 11 is 0. The number of ether oxygens (including phenoxy) is 2. The van der Waals surface area contributed by atoms with Crippen molar-refractivity contribution in [3.05, 3.63) is 35.9 Å². The van der Waals surface area contributed by atoms with Crippen molar-refractivity contribution in [2.24, 2.45) is 23.7 Å². The van der Waals surface area contributed by atoms with Gasteiger partial charge in [0.25, 0.3) is 0 Å². The minimum absolute atomic E-state index is 0.00611. The summed E-state index contributed by atoms with van der Waals surface area (Å²) in [6.45, 7) is 13.7. The molecular weight excluding hydrogens is 801 g/mol. The summed E-state index contributed by atoms with van der Waals surface area (Å²) < 4.78 is 11.9. The Kier molecular flexibility index (Phi) is 22.0. The second-order valence-corrected chi connectivity index (χ2v) is 17.6. The molecule has 2 unspecified atom stereocenters. The standard InChI is InChI=1S/C45H74N6O11/c1-13-28(6)39(50(10)44(58)37(26(2)3)48-43(57)38(27(4)5)49(8)9)34(61-11)25-35(52)51-23-17-20-33(51)40(62-12)29(7)41(55)47-32(24-30-18-15-14-16-19-30)42(56)46-31(45(59)60)21-22-36(53)54/h14-16,18-19,26-29,31-34,37-40H,13,17,20-25H2,1-12H3,(H,46,56)(H,47,55)(H,48,57)(H,53,54)(H,59,60)/t28-,29+,31?,32-,33-,34?,37-,38-,39-,40+/m0/s1. The smallest absolute Gasteiger partial charge is 0.326 e. The molecule has 1 aromatic carbocycles. The van der Waals surface area contributed by atoms with Gasteiger partial charge < -0.3 is 45.4 Å². The van der Waals surface area contributed by atoms with Gasteiger partial charge in [-0.25, -0.2) is 4.79 Å². The van der Waals surface area contributed by atoms with Gasteiger partial charge in [0.2, 0.25) is 29.5 Å². The lowest BCUT2D eigenvalue weighted by atomic mass is 9.89. The van der Waals surface area contributed by atoms with Gasteiger partial charge in [0.05, 0.1) is 42.7 Å². The van der Waals surface area contributed by atoms with E-state index in [1.54, 1.807) is 54.1 Å². The number of aliphatic carboxylic acids is 2. The van der Waals surface area contributed by atoms with Crippen LogP contribution in [0.2, 0.25) is 0 Å². The maximum atomic E-state index is 14.3. The number of carbonyl (C=O) groups is 7. The number of hydrogen-bond donors (Lipinski definition) is 5. The highest BCUT2D eigenvalue weighted by atomic mass is 16.5. The molecule has 5 N–H and O–H groups in total. The van der Waals surface area contributed by atoms with Crippen LogP contribution in [0.3, 0.4) is 0 Å². The predicted molar refractivity (Wildman–Crippen MR) is 234 cm³/mol. The summed E-state index contributed by atoms with van der Waals surface area (Å²) in [6, 6.07) is 3.82. The maximum Gasteiger partial charge on any atom is 0.326 e. The second-order valence-electron chi connectivity index (χ2n) is 17.6. The number of carbonyl (C=O) groups excluding carboxylic acids is 5. The zero-order valence-corrected chi connectivity index (χ0v) is 38.9. The summed E-state index contributed by atoms with van der Waals surface area (Å²) in [5.41, 5.74) is 0.693. The van der Waals surface area contributed by atoms with E-state index in [9.17, 15) is 38.7 Å². The molecule has 62 heavy (non-hydrogen) atoms. The van der Waals surface area contributed by atoms with Crippen molar-refractivity contribution in [2.45, 2.75) is 142 Å². The molecule has 1 heterocycles. The summed E-state index contributed by atoms with van der Waals surface area (Å²) in [6.07, 6.45) is -0.548. The molecule has 1 aliphatic heterocycles. The summed E-state index contributed by atoms with van der Waals surface area (Å²) in [5.74, 6) is -5.95. The lowest BCUT2D eigenvalue weighted by molar-refractivity contribution is -0.148. The van der Waals surface area contributed by atoms with Crippen molar-refractivity contribution in [1.29, 1.82) is 0 Å². The number of methoxy groups -OCH3 is 2. The molecule has 1 saturated heterocycles. The van der Waals surface area contributed by atoms with Crippen molar-refractivity contribution in [1.82, 2.24) is 30.7 Å². The minimum atomic E-state index is -1.49. The number of nitrogens with one attached hydrogen (secondary N) is 3. The third kappa shape index (κ3) is 15.0. The number of likely N-dealkylation sites (tertiary alicyclic amines) is 1. The van der Waals surface area contributed by atoms with E-state index in [4.69, 9.17) is 14.6 Å². The van der Waals surface area contributed by atoms with Crippen molar-refractivity contribution < 1.29 is 53.2 Å². The zero-order chi connectivity index (χ0) is 47.0. The van der Waals surface area contributed by atoms with Crippen molar-refractivity contribution in [3.8, 4) is 0 Å². The van der Waals surface area contributed by atoms with Crippen LogP contribution in [0.15, 0.2) is 30.3 Å². The van der Waals surface area contributed by atoms with E-state index in [1.807, 2.05) is 60.5 Å². The third-order valence-electron chi connectivity index (χ3n) is 12.1. The van der Waals surface area contributed by atoms with Crippen LogP contribution >= 0.6 is 0 Å². The number of carboxylic acids is 2. The van der Waals surface area contributed by atoms with Gasteiger partial charge in [0.1, 0.15) is 18.1 Å². The number of hydrogen-bond acceptors (Lipinski definition) is 10. The zero-order valence-electron chi connectivity index (χ0n) is 38.9. The lowest BCUT2D eigenvalue weighted by Gasteiger charge is -2.41. The Morgan fingerprint density at radius 2 is 1.44 bits per heavy atom. The first-order chi connectivity index (χ1) is 29.1. The quantitative estimate of drug-likeness (QED) is 0.0907.